The van der Waals surface area contributed by atoms with Crippen molar-refractivity contribution in [2.75, 3.05) is 16.3 Å². The molecular weight excluding hydrogens is 330 g/mol. The lowest BCUT2D eigenvalue weighted by molar-refractivity contribution is -0.107. The molecule has 0 fully saturated rings. The molecule has 0 bridgehead atoms. The molecule has 1 atom stereocenters. The number of likely N-dealkylation sites (N-methyl/N-ethyl adjacent to an activating group) is 1. The van der Waals surface area contributed by atoms with E-state index in [-0.39, 0.29) is 11.5 Å². The fourth-order valence-electron chi connectivity index (χ4n) is 2.86. The van der Waals surface area contributed by atoms with Crippen molar-refractivity contribution in [3.05, 3.63) is 59.0 Å². The summed E-state index contributed by atoms with van der Waals surface area (Å²) >= 11 is 6.25. The summed E-state index contributed by atoms with van der Waals surface area (Å²) in [5.41, 5.74) is 1.53. The maximum atomic E-state index is 11.7. The minimum absolute atomic E-state index is 0.0543. The van der Waals surface area contributed by atoms with Crippen LogP contribution in [0.5, 0.6) is 0 Å². The number of benzene rings is 1. The Kier molecular flexibility index (Phi) is 4.42. The maximum Gasteiger partial charge on any atom is 0.218 e. The Morgan fingerprint density at radius 2 is 2.04 bits per heavy atom. The summed E-state index contributed by atoms with van der Waals surface area (Å²) in [6, 6.07) is 8.38. The molecule has 0 saturated carbocycles. The smallest absolute Gasteiger partial charge is 0.218 e. The van der Waals surface area contributed by atoms with Crippen LogP contribution < -0.4 is 9.80 Å². The van der Waals surface area contributed by atoms with Crippen LogP contribution in [0, 0.1) is 0 Å². The monoisotopic (exact) mass is 345 g/mol. The molecule has 1 aromatic carbocycles. The van der Waals surface area contributed by atoms with Crippen molar-refractivity contribution in [2.24, 2.45) is 0 Å². The summed E-state index contributed by atoms with van der Waals surface area (Å²) in [7, 11) is 0. The summed E-state index contributed by atoms with van der Waals surface area (Å²) in [4.78, 5) is 18.4. The van der Waals surface area contributed by atoms with Crippen molar-refractivity contribution >= 4 is 35.1 Å². The van der Waals surface area contributed by atoms with E-state index in [2.05, 4.69) is 4.98 Å². The van der Waals surface area contributed by atoms with Crippen molar-refractivity contribution in [1.82, 2.24) is 4.98 Å². The number of nitrogens with zero attached hydrogens (tertiary/aromatic N) is 3. The highest BCUT2D eigenvalue weighted by molar-refractivity contribution is 6.33. The normalized spacial score (nSPS) is 16.8. The fraction of sp³-hybridized carbons (Fsp3) is 0.176. The molecule has 1 aliphatic heterocycles. The number of fused-ring (bicyclic) bond motifs is 1. The van der Waals surface area contributed by atoms with Gasteiger partial charge in [0, 0.05) is 18.9 Å². The van der Waals surface area contributed by atoms with Crippen molar-refractivity contribution in [1.29, 1.82) is 0 Å². The standard InChI is InChI=1S/C17H16ClN3O3/c1-2-20-13-5-3-4-12(18)14(13)16(23)15(17(20)24)21(10-22)11-6-8-19-9-7-11/h3-10,17,23-24H,2H2,1H3. The van der Waals surface area contributed by atoms with Crippen LogP contribution >= 0.6 is 11.6 Å². The van der Waals surface area contributed by atoms with Crippen LogP contribution in [0.4, 0.5) is 11.4 Å². The number of hydrogen-bond donors (Lipinski definition) is 2. The van der Waals surface area contributed by atoms with Crippen molar-refractivity contribution in [3.8, 4) is 0 Å². The molecule has 7 heteroatoms. The highest BCUT2D eigenvalue weighted by atomic mass is 35.5. The summed E-state index contributed by atoms with van der Waals surface area (Å²) in [5, 5.41) is 21.8. The number of rotatable bonds is 4. The van der Waals surface area contributed by atoms with E-state index < -0.39 is 6.23 Å². The predicted octanol–water partition coefficient (Wildman–Crippen LogP) is 2.78. The fourth-order valence-corrected chi connectivity index (χ4v) is 3.12. The second-order valence-electron chi connectivity index (χ2n) is 5.21. The molecule has 0 saturated heterocycles. The third kappa shape index (κ3) is 2.50. The summed E-state index contributed by atoms with van der Waals surface area (Å²) in [6.45, 7) is 2.33. The molecule has 6 nitrogen and oxygen atoms in total. The molecule has 1 aliphatic rings. The van der Waals surface area contributed by atoms with Gasteiger partial charge in [0.15, 0.2) is 12.0 Å². The van der Waals surface area contributed by atoms with Crippen LogP contribution in [0.2, 0.25) is 5.02 Å². The van der Waals surface area contributed by atoms with E-state index in [1.165, 1.54) is 17.3 Å². The lowest BCUT2D eigenvalue weighted by Gasteiger charge is -2.39. The molecule has 3 rings (SSSR count). The second kappa shape index (κ2) is 6.51. The summed E-state index contributed by atoms with van der Waals surface area (Å²) in [6.07, 6.45) is 2.40. The topological polar surface area (TPSA) is 76.9 Å². The van der Waals surface area contributed by atoms with Crippen LogP contribution in [-0.4, -0.2) is 34.4 Å². The number of aromatic nitrogens is 1. The van der Waals surface area contributed by atoms with Gasteiger partial charge in [-0.15, -0.1) is 0 Å². The number of carbonyl (C=O) groups excluding carboxylic acids is 1. The maximum absolute atomic E-state index is 11.7. The SMILES string of the molecule is CCN1c2cccc(Cl)c2C(O)=C(N(C=O)c2ccncc2)C1O. The molecule has 2 heterocycles. The Labute approximate surface area is 144 Å². The number of pyridine rings is 1. The van der Waals surface area contributed by atoms with Gasteiger partial charge in [0.2, 0.25) is 6.41 Å². The zero-order valence-electron chi connectivity index (χ0n) is 12.9. The van der Waals surface area contributed by atoms with E-state index in [9.17, 15) is 15.0 Å². The van der Waals surface area contributed by atoms with Gasteiger partial charge in [-0.3, -0.25) is 14.7 Å². The first-order valence-corrected chi connectivity index (χ1v) is 7.79. The van der Waals surface area contributed by atoms with E-state index in [4.69, 9.17) is 11.6 Å². The average Bonchev–Trinajstić information content (AvgIpc) is 2.59. The Bertz CT molecular complexity index is 795. The molecule has 1 aromatic heterocycles. The highest BCUT2D eigenvalue weighted by Gasteiger charge is 2.36. The van der Waals surface area contributed by atoms with Gasteiger partial charge < -0.3 is 15.1 Å². The molecule has 1 unspecified atom stereocenters. The first-order valence-electron chi connectivity index (χ1n) is 7.41. The number of halogens is 1. The minimum atomic E-state index is -1.20. The lowest BCUT2D eigenvalue weighted by Crippen LogP contribution is -2.45. The number of amides is 1. The molecule has 0 radical (unpaired) electrons. The lowest BCUT2D eigenvalue weighted by atomic mass is 10.0. The first-order chi connectivity index (χ1) is 11.6. The largest absolute Gasteiger partial charge is 0.505 e. The average molecular weight is 346 g/mol. The van der Waals surface area contributed by atoms with E-state index in [0.29, 0.717) is 34.9 Å². The molecule has 0 spiro atoms. The summed E-state index contributed by atoms with van der Waals surface area (Å²) in [5.74, 6) is -0.225. The zero-order valence-corrected chi connectivity index (χ0v) is 13.7. The Balaban J connectivity index is 2.23. The van der Waals surface area contributed by atoms with Crippen molar-refractivity contribution in [2.45, 2.75) is 13.2 Å². The van der Waals surface area contributed by atoms with Crippen molar-refractivity contribution in [3.63, 3.8) is 0 Å². The molecule has 124 valence electrons. The predicted molar refractivity (Wildman–Crippen MR) is 92.8 cm³/mol. The minimum Gasteiger partial charge on any atom is -0.505 e. The van der Waals surface area contributed by atoms with Gasteiger partial charge >= 0.3 is 0 Å². The van der Waals surface area contributed by atoms with Gasteiger partial charge in [-0.05, 0) is 31.2 Å². The molecule has 2 aromatic rings. The van der Waals surface area contributed by atoms with Gasteiger partial charge in [-0.2, -0.15) is 0 Å². The third-order valence-corrected chi connectivity index (χ3v) is 4.28. The summed E-state index contributed by atoms with van der Waals surface area (Å²) < 4.78 is 0. The number of hydrogen-bond acceptors (Lipinski definition) is 5. The van der Waals surface area contributed by atoms with E-state index in [0.717, 1.165) is 0 Å². The van der Waals surface area contributed by atoms with Crippen LogP contribution in [0.25, 0.3) is 5.76 Å². The van der Waals surface area contributed by atoms with Crippen LogP contribution in [0.15, 0.2) is 48.4 Å². The Morgan fingerprint density at radius 3 is 2.67 bits per heavy atom. The quantitative estimate of drug-likeness (QED) is 0.833. The molecule has 0 aliphatic carbocycles. The molecule has 1 amide bonds. The van der Waals surface area contributed by atoms with Gasteiger partial charge in [0.25, 0.3) is 0 Å². The second-order valence-corrected chi connectivity index (χ2v) is 5.62. The van der Waals surface area contributed by atoms with E-state index >= 15 is 0 Å². The van der Waals surface area contributed by atoms with Gasteiger partial charge in [-0.1, -0.05) is 17.7 Å². The number of aliphatic hydroxyl groups is 2. The van der Waals surface area contributed by atoms with Crippen LogP contribution in [0.3, 0.4) is 0 Å². The van der Waals surface area contributed by atoms with Crippen LogP contribution in [0.1, 0.15) is 12.5 Å². The van der Waals surface area contributed by atoms with E-state index in [1.807, 2.05) is 6.92 Å². The number of aliphatic hydroxyl groups excluding tert-OH is 2. The molecule has 24 heavy (non-hydrogen) atoms. The molecule has 2 N–H and O–H groups in total. The van der Waals surface area contributed by atoms with Crippen LogP contribution in [-0.2, 0) is 4.79 Å². The van der Waals surface area contributed by atoms with Gasteiger partial charge in [0.1, 0.15) is 5.70 Å². The van der Waals surface area contributed by atoms with E-state index in [1.54, 1.807) is 35.2 Å². The number of anilines is 2. The Morgan fingerprint density at radius 1 is 1.33 bits per heavy atom. The van der Waals surface area contributed by atoms with Gasteiger partial charge in [-0.25, -0.2) is 0 Å². The Hall–Kier alpha value is -2.57. The van der Waals surface area contributed by atoms with Crippen molar-refractivity contribution < 1.29 is 15.0 Å². The first kappa shape index (κ1) is 16.3. The number of carbonyl (C=O) groups is 1. The van der Waals surface area contributed by atoms with Gasteiger partial charge in [0.05, 0.1) is 22.0 Å². The third-order valence-electron chi connectivity index (χ3n) is 3.97. The zero-order chi connectivity index (χ0) is 17.3. The molecular formula is C17H16ClN3O3. The highest BCUT2D eigenvalue weighted by Crippen LogP contribution is 2.41.